The number of hydrogen-bond acceptors (Lipinski definition) is 4. The van der Waals surface area contributed by atoms with Gasteiger partial charge < -0.3 is 19.5 Å². The molecule has 2 fully saturated rings. The molecule has 1 spiro atoms. The molecule has 1 aliphatic carbocycles. The van der Waals surface area contributed by atoms with Crippen molar-refractivity contribution >= 4 is 0 Å². The van der Waals surface area contributed by atoms with Crippen molar-refractivity contribution in [2.45, 2.75) is 44.1 Å². The molecular weight excluding hydrogens is 254 g/mol. The number of nitrogens with one attached hydrogen (secondary N) is 1. The molecule has 110 valence electrons. The number of rotatable bonds is 4. The highest BCUT2D eigenvalue weighted by molar-refractivity contribution is 5.27. The minimum Gasteiger partial charge on any atom is -0.497 e. The van der Waals surface area contributed by atoms with Gasteiger partial charge in [-0.2, -0.15) is 0 Å². The van der Waals surface area contributed by atoms with Crippen LogP contribution < -0.4 is 10.1 Å². The van der Waals surface area contributed by atoms with Crippen LogP contribution in [-0.4, -0.2) is 32.2 Å². The van der Waals surface area contributed by atoms with Crippen LogP contribution in [0.4, 0.5) is 0 Å². The van der Waals surface area contributed by atoms with Crippen LogP contribution in [0.25, 0.3) is 0 Å². The fourth-order valence-corrected chi connectivity index (χ4v) is 3.05. The summed E-state index contributed by atoms with van der Waals surface area (Å²) in [6.45, 7) is 2.41. The maximum atomic E-state index is 5.75. The van der Waals surface area contributed by atoms with Gasteiger partial charge in [-0.15, -0.1) is 0 Å². The topological polar surface area (TPSA) is 39.7 Å². The van der Waals surface area contributed by atoms with Crippen LogP contribution in [-0.2, 0) is 16.0 Å². The van der Waals surface area contributed by atoms with Gasteiger partial charge in [0, 0.05) is 25.4 Å². The van der Waals surface area contributed by atoms with E-state index in [9.17, 15) is 0 Å². The molecule has 1 heterocycles. The summed E-state index contributed by atoms with van der Waals surface area (Å²) in [5, 5.41) is 3.63. The van der Waals surface area contributed by atoms with Crippen LogP contribution in [0.3, 0.4) is 0 Å². The van der Waals surface area contributed by atoms with E-state index in [0.717, 1.165) is 51.2 Å². The van der Waals surface area contributed by atoms with Crippen molar-refractivity contribution in [1.29, 1.82) is 0 Å². The van der Waals surface area contributed by atoms with Gasteiger partial charge in [0.2, 0.25) is 0 Å². The summed E-state index contributed by atoms with van der Waals surface area (Å²) in [6.07, 6.45) is 4.26. The van der Waals surface area contributed by atoms with Crippen molar-refractivity contribution < 1.29 is 14.2 Å². The molecule has 0 radical (unpaired) electrons. The Hall–Kier alpha value is -1.10. The Kier molecular flexibility index (Phi) is 4.24. The SMILES string of the molecule is COc1ccc(CNC2CCC3(CC2)OCCO3)cc1. The first-order chi connectivity index (χ1) is 9.80. The molecule has 20 heavy (non-hydrogen) atoms. The normalized spacial score (nSPS) is 22.2. The lowest BCUT2D eigenvalue weighted by atomic mass is 9.90. The largest absolute Gasteiger partial charge is 0.497 e. The van der Waals surface area contributed by atoms with E-state index < -0.39 is 0 Å². The molecule has 0 bridgehead atoms. The van der Waals surface area contributed by atoms with E-state index in [2.05, 4.69) is 17.4 Å². The molecule has 1 saturated carbocycles. The summed E-state index contributed by atoms with van der Waals surface area (Å²) in [7, 11) is 1.69. The van der Waals surface area contributed by atoms with E-state index in [-0.39, 0.29) is 5.79 Å². The van der Waals surface area contributed by atoms with Gasteiger partial charge in [0.15, 0.2) is 5.79 Å². The van der Waals surface area contributed by atoms with Gasteiger partial charge in [0.1, 0.15) is 5.75 Å². The molecule has 0 atom stereocenters. The molecular formula is C16H23NO3. The Labute approximate surface area is 120 Å². The van der Waals surface area contributed by atoms with Crippen LogP contribution in [0, 0.1) is 0 Å². The van der Waals surface area contributed by atoms with Gasteiger partial charge >= 0.3 is 0 Å². The van der Waals surface area contributed by atoms with E-state index in [1.807, 2.05) is 12.1 Å². The molecule has 0 amide bonds. The Bertz CT molecular complexity index is 416. The molecule has 1 N–H and O–H groups in total. The predicted molar refractivity (Wildman–Crippen MR) is 76.7 cm³/mol. The summed E-state index contributed by atoms with van der Waals surface area (Å²) < 4.78 is 16.7. The highest BCUT2D eigenvalue weighted by Crippen LogP contribution is 2.35. The highest BCUT2D eigenvalue weighted by atomic mass is 16.7. The minimum atomic E-state index is -0.252. The third kappa shape index (κ3) is 3.14. The average Bonchev–Trinajstić information content (AvgIpc) is 2.96. The van der Waals surface area contributed by atoms with Crippen LogP contribution >= 0.6 is 0 Å². The summed E-state index contributed by atoms with van der Waals surface area (Å²) in [6, 6.07) is 8.80. The van der Waals surface area contributed by atoms with E-state index in [1.165, 1.54) is 5.56 Å². The zero-order valence-corrected chi connectivity index (χ0v) is 12.1. The third-order valence-corrected chi connectivity index (χ3v) is 4.31. The second kappa shape index (κ2) is 6.12. The molecule has 4 heteroatoms. The predicted octanol–water partition coefficient (Wildman–Crippen LogP) is 2.47. The van der Waals surface area contributed by atoms with Gasteiger partial charge in [-0.1, -0.05) is 12.1 Å². The lowest BCUT2D eigenvalue weighted by molar-refractivity contribution is -0.179. The van der Waals surface area contributed by atoms with E-state index in [0.29, 0.717) is 6.04 Å². The van der Waals surface area contributed by atoms with Crippen molar-refractivity contribution in [2.24, 2.45) is 0 Å². The molecule has 4 nitrogen and oxygen atoms in total. The monoisotopic (exact) mass is 277 g/mol. The van der Waals surface area contributed by atoms with Gasteiger partial charge in [-0.05, 0) is 30.5 Å². The molecule has 1 aliphatic heterocycles. The maximum absolute atomic E-state index is 5.75. The fourth-order valence-electron chi connectivity index (χ4n) is 3.05. The van der Waals surface area contributed by atoms with Crippen molar-refractivity contribution in [3.63, 3.8) is 0 Å². The smallest absolute Gasteiger partial charge is 0.168 e. The quantitative estimate of drug-likeness (QED) is 0.918. The second-order valence-electron chi connectivity index (χ2n) is 5.61. The van der Waals surface area contributed by atoms with Crippen molar-refractivity contribution in [3.8, 4) is 5.75 Å². The standard InChI is InChI=1S/C16H23NO3/c1-18-15-4-2-13(3-5-15)12-17-14-6-8-16(9-7-14)19-10-11-20-16/h2-5,14,17H,6-12H2,1H3. The number of methoxy groups -OCH3 is 1. The Morgan fingerprint density at radius 1 is 1.15 bits per heavy atom. The molecule has 2 aliphatic rings. The lowest BCUT2D eigenvalue weighted by Crippen LogP contribution is -2.41. The molecule has 1 aromatic rings. The van der Waals surface area contributed by atoms with Crippen LogP contribution in [0.2, 0.25) is 0 Å². The van der Waals surface area contributed by atoms with Crippen LogP contribution in [0.15, 0.2) is 24.3 Å². The number of benzene rings is 1. The molecule has 1 saturated heterocycles. The first-order valence-electron chi connectivity index (χ1n) is 7.44. The van der Waals surface area contributed by atoms with Crippen molar-refractivity contribution in [3.05, 3.63) is 29.8 Å². The van der Waals surface area contributed by atoms with Gasteiger partial charge in [0.25, 0.3) is 0 Å². The summed E-state index contributed by atoms with van der Waals surface area (Å²) >= 11 is 0. The van der Waals surface area contributed by atoms with Crippen LogP contribution in [0.1, 0.15) is 31.2 Å². The molecule has 3 rings (SSSR count). The lowest BCUT2D eigenvalue weighted by Gasteiger charge is -2.35. The Balaban J connectivity index is 1.45. The zero-order valence-electron chi connectivity index (χ0n) is 12.1. The van der Waals surface area contributed by atoms with Crippen molar-refractivity contribution in [1.82, 2.24) is 5.32 Å². The van der Waals surface area contributed by atoms with Gasteiger partial charge in [0.05, 0.1) is 20.3 Å². The maximum Gasteiger partial charge on any atom is 0.168 e. The van der Waals surface area contributed by atoms with Crippen molar-refractivity contribution in [2.75, 3.05) is 20.3 Å². The van der Waals surface area contributed by atoms with E-state index >= 15 is 0 Å². The molecule has 1 aromatic carbocycles. The van der Waals surface area contributed by atoms with Gasteiger partial charge in [-0.3, -0.25) is 0 Å². The van der Waals surface area contributed by atoms with E-state index in [4.69, 9.17) is 14.2 Å². The number of ether oxygens (including phenoxy) is 3. The first kappa shape index (κ1) is 13.9. The van der Waals surface area contributed by atoms with E-state index in [1.54, 1.807) is 7.11 Å². The second-order valence-corrected chi connectivity index (χ2v) is 5.61. The summed E-state index contributed by atoms with van der Waals surface area (Å²) in [5.41, 5.74) is 1.29. The summed E-state index contributed by atoms with van der Waals surface area (Å²) in [5.74, 6) is 0.655. The molecule has 0 unspecified atom stereocenters. The number of hydrogen-bond donors (Lipinski definition) is 1. The van der Waals surface area contributed by atoms with Gasteiger partial charge in [-0.25, -0.2) is 0 Å². The Morgan fingerprint density at radius 3 is 2.40 bits per heavy atom. The summed E-state index contributed by atoms with van der Waals surface area (Å²) in [4.78, 5) is 0. The Morgan fingerprint density at radius 2 is 1.80 bits per heavy atom. The third-order valence-electron chi connectivity index (χ3n) is 4.31. The minimum absolute atomic E-state index is 0.252. The average molecular weight is 277 g/mol. The first-order valence-corrected chi connectivity index (χ1v) is 7.44. The van der Waals surface area contributed by atoms with Crippen LogP contribution in [0.5, 0.6) is 5.75 Å². The molecule has 0 aromatic heterocycles. The highest BCUT2D eigenvalue weighted by Gasteiger charge is 2.40. The zero-order chi connectivity index (χ0) is 13.8. The fraction of sp³-hybridized carbons (Fsp3) is 0.625.